The maximum absolute atomic E-state index is 11.5. The standard InChI is InChI=1S/C19H18N2O2/c20-19(23)11-8-9-16-15(10-11)12-5-3-6-13(12)18(21-16)14-4-1-2-7-17(14)22/h1-5,7-10,12-13,18,21-22H,6H2,(H2,20,23). The third kappa shape index (κ3) is 2.18. The summed E-state index contributed by atoms with van der Waals surface area (Å²) in [6.45, 7) is 0. The van der Waals surface area contributed by atoms with Crippen molar-refractivity contribution in [2.24, 2.45) is 11.7 Å². The van der Waals surface area contributed by atoms with Crippen LogP contribution in [0.2, 0.25) is 0 Å². The third-order valence-corrected chi connectivity index (χ3v) is 4.92. The van der Waals surface area contributed by atoms with Crippen molar-refractivity contribution < 1.29 is 9.90 Å². The van der Waals surface area contributed by atoms with Crippen LogP contribution in [-0.4, -0.2) is 11.0 Å². The van der Waals surface area contributed by atoms with Crippen molar-refractivity contribution in [2.75, 3.05) is 5.32 Å². The van der Waals surface area contributed by atoms with Gasteiger partial charge in [-0.05, 0) is 42.2 Å². The lowest BCUT2D eigenvalue weighted by Crippen LogP contribution is -2.29. The predicted molar refractivity (Wildman–Crippen MR) is 89.4 cm³/mol. The highest BCUT2D eigenvalue weighted by Crippen LogP contribution is 2.51. The topological polar surface area (TPSA) is 75.4 Å². The number of nitrogens with one attached hydrogen (secondary N) is 1. The molecule has 2 aliphatic rings. The number of aromatic hydroxyl groups is 1. The van der Waals surface area contributed by atoms with Gasteiger partial charge in [-0.3, -0.25) is 4.79 Å². The zero-order valence-corrected chi connectivity index (χ0v) is 12.6. The van der Waals surface area contributed by atoms with E-state index in [0.717, 1.165) is 23.2 Å². The monoisotopic (exact) mass is 306 g/mol. The molecule has 1 amide bonds. The number of carbonyl (C=O) groups is 1. The molecule has 116 valence electrons. The van der Waals surface area contributed by atoms with E-state index < -0.39 is 5.91 Å². The Hall–Kier alpha value is -2.75. The molecular formula is C19H18N2O2. The number of fused-ring (bicyclic) bond motifs is 3. The van der Waals surface area contributed by atoms with E-state index in [0.29, 0.717) is 17.2 Å². The molecule has 4 nitrogen and oxygen atoms in total. The van der Waals surface area contributed by atoms with Gasteiger partial charge in [0.05, 0.1) is 6.04 Å². The number of benzene rings is 2. The van der Waals surface area contributed by atoms with Crippen molar-refractivity contribution in [2.45, 2.75) is 18.4 Å². The summed E-state index contributed by atoms with van der Waals surface area (Å²) in [6, 6.07) is 13.0. The number of para-hydroxylation sites is 1. The molecule has 4 rings (SSSR count). The fourth-order valence-corrected chi connectivity index (χ4v) is 3.81. The predicted octanol–water partition coefficient (Wildman–Crippen LogP) is 3.32. The van der Waals surface area contributed by atoms with Gasteiger partial charge in [0.1, 0.15) is 5.75 Å². The van der Waals surface area contributed by atoms with Crippen LogP contribution >= 0.6 is 0 Å². The number of phenolic OH excluding ortho intramolecular Hbond substituents is 1. The molecule has 0 radical (unpaired) electrons. The Kier molecular flexibility index (Phi) is 3.11. The quantitative estimate of drug-likeness (QED) is 0.745. The van der Waals surface area contributed by atoms with Crippen LogP contribution in [0, 0.1) is 5.92 Å². The van der Waals surface area contributed by atoms with Crippen LogP contribution < -0.4 is 11.1 Å². The van der Waals surface area contributed by atoms with E-state index >= 15 is 0 Å². The maximum atomic E-state index is 11.5. The Morgan fingerprint density at radius 2 is 2.00 bits per heavy atom. The van der Waals surface area contributed by atoms with Gasteiger partial charge in [-0.15, -0.1) is 0 Å². The Bertz CT molecular complexity index is 813. The number of rotatable bonds is 2. The molecule has 3 unspecified atom stereocenters. The van der Waals surface area contributed by atoms with Crippen LogP contribution in [0.5, 0.6) is 5.75 Å². The van der Waals surface area contributed by atoms with Crippen LogP contribution in [0.4, 0.5) is 5.69 Å². The second kappa shape index (κ2) is 5.16. The molecule has 4 heteroatoms. The molecule has 3 atom stereocenters. The minimum absolute atomic E-state index is 0.0446. The normalized spacial score (nSPS) is 24.6. The first kappa shape index (κ1) is 13.9. The number of carbonyl (C=O) groups excluding carboxylic acids is 1. The number of anilines is 1. The smallest absolute Gasteiger partial charge is 0.248 e. The second-order valence-electron chi connectivity index (χ2n) is 6.20. The summed E-state index contributed by atoms with van der Waals surface area (Å²) in [5.41, 5.74) is 8.96. The summed E-state index contributed by atoms with van der Waals surface area (Å²) in [6.07, 6.45) is 5.31. The Morgan fingerprint density at radius 3 is 2.78 bits per heavy atom. The minimum Gasteiger partial charge on any atom is -0.508 e. The fourth-order valence-electron chi connectivity index (χ4n) is 3.81. The molecule has 0 saturated carbocycles. The lowest BCUT2D eigenvalue weighted by molar-refractivity contribution is 0.1000. The van der Waals surface area contributed by atoms with Gasteiger partial charge >= 0.3 is 0 Å². The maximum Gasteiger partial charge on any atom is 0.248 e. The molecule has 1 aliphatic carbocycles. The first-order valence-electron chi connectivity index (χ1n) is 7.80. The van der Waals surface area contributed by atoms with Gasteiger partial charge in [0.25, 0.3) is 0 Å². The third-order valence-electron chi connectivity index (χ3n) is 4.92. The molecular weight excluding hydrogens is 288 g/mol. The number of phenols is 1. The van der Waals surface area contributed by atoms with E-state index in [1.165, 1.54) is 0 Å². The second-order valence-corrected chi connectivity index (χ2v) is 6.20. The SMILES string of the molecule is NC(=O)c1ccc2c(c1)C1C=CCC1C(c1ccccc1O)N2. The zero-order chi connectivity index (χ0) is 16.0. The number of amides is 1. The molecule has 0 fully saturated rings. The van der Waals surface area contributed by atoms with E-state index in [1.807, 2.05) is 30.3 Å². The molecule has 0 saturated heterocycles. The van der Waals surface area contributed by atoms with E-state index in [2.05, 4.69) is 17.5 Å². The molecule has 2 aromatic carbocycles. The molecule has 4 N–H and O–H groups in total. The Labute approximate surface area is 134 Å². The van der Waals surface area contributed by atoms with Gasteiger partial charge in [-0.1, -0.05) is 30.4 Å². The average molecular weight is 306 g/mol. The zero-order valence-electron chi connectivity index (χ0n) is 12.6. The summed E-state index contributed by atoms with van der Waals surface area (Å²) >= 11 is 0. The number of hydrogen-bond donors (Lipinski definition) is 3. The summed E-state index contributed by atoms with van der Waals surface area (Å²) < 4.78 is 0. The Balaban J connectivity index is 1.81. The number of allylic oxidation sites excluding steroid dienone is 2. The molecule has 1 aliphatic heterocycles. The van der Waals surface area contributed by atoms with E-state index in [1.54, 1.807) is 12.1 Å². The van der Waals surface area contributed by atoms with Crippen LogP contribution in [0.25, 0.3) is 0 Å². The highest BCUT2D eigenvalue weighted by molar-refractivity contribution is 5.93. The van der Waals surface area contributed by atoms with Crippen molar-refractivity contribution in [1.29, 1.82) is 0 Å². The number of primary amides is 1. The lowest BCUT2D eigenvalue weighted by atomic mass is 9.76. The van der Waals surface area contributed by atoms with Crippen LogP contribution in [0.1, 0.15) is 39.9 Å². The molecule has 2 aromatic rings. The van der Waals surface area contributed by atoms with E-state index in [-0.39, 0.29) is 12.0 Å². The van der Waals surface area contributed by atoms with E-state index in [9.17, 15) is 9.90 Å². The molecule has 1 heterocycles. The molecule has 23 heavy (non-hydrogen) atoms. The molecule has 0 spiro atoms. The fraction of sp³-hybridized carbons (Fsp3) is 0.211. The van der Waals surface area contributed by atoms with Gasteiger partial charge in [0.15, 0.2) is 0 Å². The highest BCUT2D eigenvalue weighted by atomic mass is 16.3. The van der Waals surface area contributed by atoms with Crippen molar-refractivity contribution in [3.8, 4) is 5.75 Å². The Morgan fingerprint density at radius 1 is 1.17 bits per heavy atom. The molecule has 0 bridgehead atoms. The summed E-state index contributed by atoms with van der Waals surface area (Å²) in [7, 11) is 0. The average Bonchev–Trinajstić information content (AvgIpc) is 3.04. The highest BCUT2D eigenvalue weighted by Gasteiger charge is 2.38. The van der Waals surface area contributed by atoms with Crippen LogP contribution in [0.3, 0.4) is 0 Å². The number of hydrogen-bond acceptors (Lipinski definition) is 3. The summed E-state index contributed by atoms with van der Waals surface area (Å²) in [5.74, 6) is 0.455. The van der Waals surface area contributed by atoms with Crippen molar-refractivity contribution in [3.05, 3.63) is 71.3 Å². The largest absolute Gasteiger partial charge is 0.508 e. The van der Waals surface area contributed by atoms with Gasteiger partial charge in [-0.25, -0.2) is 0 Å². The molecule has 0 aromatic heterocycles. The first-order chi connectivity index (χ1) is 11.1. The summed E-state index contributed by atoms with van der Waals surface area (Å²) in [4.78, 5) is 11.5. The van der Waals surface area contributed by atoms with Gasteiger partial charge in [0, 0.05) is 22.7 Å². The van der Waals surface area contributed by atoms with Crippen LogP contribution in [-0.2, 0) is 0 Å². The van der Waals surface area contributed by atoms with Gasteiger partial charge < -0.3 is 16.2 Å². The van der Waals surface area contributed by atoms with Crippen LogP contribution in [0.15, 0.2) is 54.6 Å². The van der Waals surface area contributed by atoms with Crippen molar-refractivity contribution >= 4 is 11.6 Å². The van der Waals surface area contributed by atoms with Crippen molar-refractivity contribution in [1.82, 2.24) is 0 Å². The first-order valence-corrected chi connectivity index (χ1v) is 7.80. The number of nitrogens with two attached hydrogens (primary N) is 1. The van der Waals surface area contributed by atoms with E-state index in [4.69, 9.17) is 5.73 Å². The minimum atomic E-state index is -0.408. The summed E-state index contributed by atoms with van der Waals surface area (Å²) in [5, 5.41) is 13.8. The lowest BCUT2D eigenvalue weighted by Gasteiger charge is -2.37. The van der Waals surface area contributed by atoms with Gasteiger partial charge in [-0.2, -0.15) is 0 Å². The van der Waals surface area contributed by atoms with Gasteiger partial charge in [0.2, 0.25) is 5.91 Å². The van der Waals surface area contributed by atoms with Crippen molar-refractivity contribution in [3.63, 3.8) is 0 Å².